The third-order valence-electron chi connectivity index (χ3n) is 6.20. The molecule has 1 aromatic rings. The topological polar surface area (TPSA) is 52.6 Å². The van der Waals surface area contributed by atoms with Crippen molar-refractivity contribution >= 4 is 11.9 Å². The number of benzene rings is 1. The second-order valence-electron chi connectivity index (χ2n) is 7.81. The highest BCUT2D eigenvalue weighted by atomic mass is 16.2. The molecule has 1 heterocycles. The highest BCUT2D eigenvalue weighted by Crippen LogP contribution is 2.36. The molecule has 1 atom stereocenters. The number of imide groups is 1. The van der Waals surface area contributed by atoms with Gasteiger partial charge >= 0.3 is 6.03 Å². The first-order valence-corrected chi connectivity index (χ1v) is 9.53. The van der Waals surface area contributed by atoms with Gasteiger partial charge in [0.25, 0.3) is 5.91 Å². The molecule has 2 aliphatic carbocycles. The molecule has 0 radical (unpaired) electrons. The number of fused-ring (bicyclic) bond motifs is 1. The number of rotatable bonds is 3. The Bertz CT molecular complexity index is 679. The highest BCUT2D eigenvalue weighted by Gasteiger charge is 2.51. The van der Waals surface area contributed by atoms with Crippen LogP contribution in [0.25, 0.3) is 0 Å². The molecule has 0 unspecified atom stereocenters. The number of amides is 3. The van der Waals surface area contributed by atoms with Crippen LogP contribution in [0, 0.1) is 0 Å². The first kappa shape index (κ1) is 16.6. The van der Waals surface area contributed by atoms with Crippen molar-refractivity contribution < 1.29 is 9.59 Å². The Labute approximate surface area is 149 Å². The maximum Gasteiger partial charge on any atom is 0.326 e. The van der Waals surface area contributed by atoms with Crippen molar-refractivity contribution in [1.29, 1.82) is 0 Å². The van der Waals surface area contributed by atoms with Crippen LogP contribution in [0.15, 0.2) is 24.3 Å². The van der Waals surface area contributed by atoms with Crippen molar-refractivity contribution in [2.75, 3.05) is 13.7 Å². The number of carbonyl (C=O) groups is 2. The van der Waals surface area contributed by atoms with Crippen molar-refractivity contribution in [2.24, 2.45) is 0 Å². The van der Waals surface area contributed by atoms with E-state index in [2.05, 4.69) is 34.5 Å². The summed E-state index contributed by atoms with van der Waals surface area (Å²) >= 11 is 0. The number of hydrogen-bond acceptors (Lipinski definition) is 3. The summed E-state index contributed by atoms with van der Waals surface area (Å²) in [5.74, 6) is -0.0162. The lowest BCUT2D eigenvalue weighted by Crippen LogP contribution is -2.47. The van der Waals surface area contributed by atoms with Crippen molar-refractivity contribution in [1.82, 2.24) is 15.1 Å². The number of hydrogen-bond donors (Lipinski definition) is 1. The fourth-order valence-electron chi connectivity index (χ4n) is 4.79. The SMILES string of the molecule is CN(CN1C(=O)NC2(CCCCCC2)C1=O)[C@@H]1CCc2ccccc21. The number of urea groups is 1. The molecule has 1 aromatic carbocycles. The van der Waals surface area contributed by atoms with E-state index in [1.54, 1.807) is 0 Å². The summed E-state index contributed by atoms with van der Waals surface area (Å²) in [4.78, 5) is 29.2. The lowest BCUT2D eigenvalue weighted by atomic mass is 9.90. The van der Waals surface area contributed by atoms with Crippen molar-refractivity contribution in [2.45, 2.75) is 62.9 Å². The van der Waals surface area contributed by atoms with E-state index >= 15 is 0 Å². The van der Waals surface area contributed by atoms with Gasteiger partial charge in [0, 0.05) is 6.04 Å². The molecule has 3 aliphatic rings. The molecule has 25 heavy (non-hydrogen) atoms. The van der Waals surface area contributed by atoms with Gasteiger partial charge < -0.3 is 5.32 Å². The Morgan fingerprint density at radius 2 is 1.88 bits per heavy atom. The molecule has 4 rings (SSSR count). The van der Waals surface area contributed by atoms with Gasteiger partial charge in [-0.15, -0.1) is 0 Å². The summed E-state index contributed by atoms with van der Waals surface area (Å²) in [5, 5.41) is 3.03. The third-order valence-corrected chi connectivity index (χ3v) is 6.20. The normalized spacial score (nSPS) is 25.4. The van der Waals surface area contributed by atoms with Gasteiger partial charge in [-0.05, 0) is 43.9 Å². The predicted octanol–water partition coefficient (Wildman–Crippen LogP) is 3.21. The second-order valence-corrected chi connectivity index (χ2v) is 7.81. The van der Waals surface area contributed by atoms with E-state index in [9.17, 15) is 9.59 Å². The van der Waals surface area contributed by atoms with E-state index in [4.69, 9.17) is 0 Å². The van der Waals surface area contributed by atoms with Crippen molar-refractivity contribution in [3.8, 4) is 0 Å². The van der Waals surface area contributed by atoms with Crippen LogP contribution in [-0.4, -0.2) is 41.0 Å². The minimum atomic E-state index is -0.637. The van der Waals surface area contributed by atoms with Gasteiger partial charge in [-0.3, -0.25) is 9.69 Å². The van der Waals surface area contributed by atoms with Crippen LogP contribution in [-0.2, 0) is 11.2 Å². The van der Waals surface area contributed by atoms with Gasteiger partial charge in [-0.1, -0.05) is 49.9 Å². The fourth-order valence-corrected chi connectivity index (χ4v) is 4.79. The van der Waals surface area contributed by atoms with E-state index < -0.39 is 5.54 Å². The van der Waals surface area contributed by atoms with Crippen molar-refractivity contribution in [3.05, 3.63) is 35.4 Å². The minimum absolute atomic E-state index is 0.0162. The molecule has 1 saturated heterocycles. The molecule has 2 fully saturated rings. The molecule has 5 heteroatoms. The van der Waals surface area contributed by atoms with E-state index in [1.807, 2.05) is 7.05 Å². The molecule has 134 valence electrons. The first-order chi connectivity index (χ1) is 12.1. The summed E-state index contributed by atoms with van der Waals surface area (Å²) in [6, 6.07) is 8.56. The van der Waals surface area contributed by atoms with Gasteiger partial charge in [-0.2, -0.15) is 0 Å². The Kier molecular flexibility index (Phi) is 4.28. The quantitative estimate of drug-likeness (QED) is 0.859. The summed E-state index contributed by atoms with van der Waals surface area (Å²) < 4.78 is 0. The summed E-state index contributed by atoms with van der Waals surface area (Å²) in [7, 11) is 2.02. The lowest BCUT2D eigenvalue weighted by molar-refractivity contribution is -0.133. The minimum Gasteiger partial charge on any atom is -0.323 e. The molecule has 1 saturated carbocycles. The van der Waals surface area contributed by atoms with Crippen LogP contribution in [0.2, 0.25) is 0 Å². The molecule has 3 amide bonds. The monoisotopic (exact) mass is 341 g/mol. The first-order valence-electron chi connectivity index (χ1n) is 9.53. The largest absolute Gasteiger partial charge is 0.326 e. The zero-order chi connectivity index (χ0) is 17.4. The van der Waals surface area contributed by atoms with E-state index in [1.165, 1.54) is 16.0 Å². The summed E-state index contributed by atoms with van der Waals surface area (Å²) in [6.45, 7) is 0.366. The summed E-state index contributed by atoms with van der Waals surface area (Å²) in [5.41, 5.74) is 2.08. The van der Waals surface area contributed by atoms with Gasteiger partial charge in [0.1, 0.15) is 5.54 Å². The molecular weight excluding hydrogens is 314 g/mol. The smallest absolute Gasteiger partial charge is 0.323 e. The number of aryl methyl sites for hydroxylation is 1. The van der Waals surface area contributed by atoms with Crippen LogP contribution >= 0.6 is 0 Å². The van der Waals surface area contributed by atoms with Gasteiger partial charge in [0.2, 0.25) is 0 Å². The highest BCUT2D eigenvalue weighted by molar-refractivity contribution is 6.07. The average Bonchev–Trinajstić information content (AvgIpc) is 3.02. The number of nitrogens with zero attached hydrogens (tertiary/aromatic N) is 2. The van der Waals surface area contributed by atoms with Crippen LogP contribution in [0.5, 0.6) is 0 Å². The van der Waals surface area contributed by atoms with E-state index in [-0.39, 0.29) is 18.0 Å². The van der Waals surface area contributed by atoms with Crippen molar-refractivity contribution in [3.63, 3.8) is 0 Å². The zero-order valence-corrected chi connectivity index (χ0v) is 15.0. The lowest BCUT2D eigenvalue weighted by Gasteiger charge is -2.29. The Morgan fingerprint density at radius 1 is 1.16 bits per heavy atom. The molecule has 1 N–H and O–H groups in total. The van der Waals surface area contributed by atoms with Crippen LogP contribution < -0.4 is 5.32 Å². The maximum absolute atomic E-state index is 13.1. The third kappa shape index (κ3) is 2.84. The number of carbonyl (C=O) groups excluding carboxylic acids is 2. The molecule has 0 bridgehead atoms. The Hall–Kier alpha value is -1.88. The zero-order valence-electron chi connectivity index (χ0n) is 15.0. The van der Waals surface area contributed by atoms with Crippen LogP contribution in [0.1, 0.15) is 62.1 Å². The molecule has 1 aliphatic heterocycles. The second kappa shape index (κ2) is 6.45. The van der Waals surface area contributed by atoms with Crippen LogP contribution in [0.4, 0.5) is 4.79 Å². The fraction of sp³-hybridized carbons (Fsp3) is 0.600. The van der Waals surface area contributed by atoms with Crippen LogP contribution in [0.3, 0.4) is 0 Å². The van der Waals surface area contributed by atoms with Gasteiger partial charge in [0.05, 0.1) is 6.67 Å². The number of nitrogens with one attached hydrogen (secondary N) is 1. The molecular formula is C20H27N3O2. The molecule has 0 aromatic heterocycles. The van der Waals surface area contributed by atoms with E-state index in [0.29, 0.717) is 6.67 Å². The Morgan fingerprint density at radius 3 is 2.64 bits per heavy atom. The standard InChI is InChI=1S/C20H27N3O2/c1-22(17-11-10-15-8-4-5-9-16(15)17)14-23-18(24)20(21-19(23)25)12-6-2-3-7-13-20/h4-5,8-9,17H,2-3,6-7,10-14H2,1H3,(H,21,25)/t17-/m1/s1. The Balaban J connectivity index is 1.49. The van der Waals surface area contributed by atoms with E-state index in [0.717, 1.165) is 51.4 Å². The average molecular weight is 341 g/mol. The van der Waals surface area contributed by atoms with Gasteiger partial charge in [0.15, 0.2) is 0 Å². The molecule has 5 nitrogen and oxygen atoms in total. The molecule has 1 spiro atoms. The van der Waals surface area contributed by atoms with Gasteiger partial charge in [-0.25, -0.2) is 9.69 Å². The summed E-state index contributed by atoms with van der Waals surface area (Å²) in [6.07, 6.45) is 8.03. The predicted molar refractivity (Wildman–Crippen MR) is 95.9 cm³/mol. The maximum atomic E-state index is 13.1.